The van der Waals surface area contributed by atoms with Crippen LogP contribution in [0.15, 0.2) is 48.8 Å². The third-order valence-corrected chi connectivity index (χ3v) is 4.69. The molecule has 0 aliphatic heterocycles. The van der Waals surface area contributed by atoms with Gasteiger partial charge in [0, 0.05) is 30.6 Å². The second-order valence-corrected chi connectivity index (χ2v) is 6.35. The average Bonchev–Trinajstić information content (AvgIpc) is 3.13. The van der Waals surface area contributed by atoms with E-state index in [1.807, 2.05) is 43.3 Å². The van der Waals surface area contributed by atoms with Crippen LogP contribution in [0.4, 0.5) is 5.13 Å². The number of pyridine rings is 1. The molecule has 3 rings (SSSR count). The molecule has 0 atom stereocenters. The van der Waals surface area contributed by atoms with Gasteiger partial charge in [-0.2, -0.15) is 0 Å². The van der Waals surface area contributed by atoms with Gasteiger partial charge >= 0.3 is 0 Å². The number of hydrogen-bond donors (Lipinski definition) is 0. The standard InChI is InChI=1S/C18H18N4O2S/c1-13-6-3-4-8-15(13)17(23)22(10-11-24-2)18-21-20-16(25-18)14-7-5-9-19-12-14/h3-9,12H,10-11H2,1-2H3. The Morgan fingerprint density at radius 2 is 2.04 bits per heavy atom. The van der Waals surface area contributed by atoms with Crippen molar-refractivity contribution >= 4 is 22.4 Å². The van der Waals surface area contributed by atoms with Crippen LogP contribution in [0, 0.1) is 6.92 Å². The van der Waals surface area contributed by atoms with Crippen LogP contribution in [0.1, 0.15) is 15.9 Å². The van der Waals surface area contributed by atoms with E-state index in [0.717, 1.165) is 16.1 Å². The lowest BCUT2D eigenvalue weighted by Gasteiger charge is -2.19. The predicted octanol–water partition coefficient (Wildman–Crippen LogP) is 3.20. The number of nitrogens with zero attached hydrogens (tertiary/aromatic N) is 4. The van der Waals surface area contributed by atoms with Crippen LogP contribution in [0.2, 0.25) is 0 Å². The number of aromatic nitrogens is 3. The molecule has 0 unspecified atom stereocenters. The summed E-state index contributed by atoms with van der Waals surface area (Å²) < 4.78 is 5.15. The number of methoxy groups -OCH3 is 1. The fourth-order valence-electron chi connectivity index (χ4n) is 2.36. The van der Waals surface area contributed by atoms with Gasteiger partial charge in [0.05, 0.1) is 13.2 Å². The van der Waals surface area contributed by atoms with Crippen molar-refractivity contribution in [2.45, 2.75) is 6.92 Å². The molecule has 0 saturated heterocycles. The number of carbonyl (C=O) groups is 1. The maximum atomic E-state index is 13.0. The molecule has 0 spiro atoms. The van der Waals surface area contributed by atoms with Gasteiger partial charge in [-0.05, 0) is 30.7 Å². The van der Waals surface area contributed by atoms with Crippen LogP contribution < -0.4 is 4.90 Å². The second kappa shape index (κ2) is 7.96. The minimum atomic E-state index is -0.107. The zero-order chi connectivity index (χ0) is 17.6. The first kappa shape index (κ1) is 17.2. The quantitative estimate of drug-likeness (QED) is 0.680. The number of hydrogen-bond acceptors (Lipinski definition) is 6. The Bertz CT molecular complexity index is 851. The van der Waals surface area contributed by atoms with Gasteiger partial charge < -0.3 is 4.74 Å². The molecule has 0 fully saturated rings. The molecule has 0 aliphatic carbocycles. The van der Waals surface area contributed by atoms with E-state index in [9.17, 15) is 4.79 Å². The number of ether oxygens (including phenoxy) is 1. The molecule has 0 bridgehead atoms. The molecule has 7 heteroatoms. The van der Waals surface area contributed by atoms with E-state index in [2.05, 4.69) is 15.2 Å². The Morgan fingerprint density at radius 1 is 1.20 bits per heavy atom. The molecule has 2 heterocycles. The van der Waals surface area contributed by atoms with Crippen molar-refractivity contribution in [3.63, 3.8) is 0 Å². The van der Waals surface area contributed by atoms with E-state index in [1.54, 1.807) is 24.4 Å². The summed E-state index contributed by atoms with van der Waals surface area (Å²) in [6.45, 7) is 2.74. The lowest BCUT2D eigenvalue weighted by molar-refractivity contribution is 0.0975. The van der Waals surface area contributed by atoms with E-state index in [-0.39, 0.29) is 5.91 Å². The van der Waals surface area contributed by atoms with Crippen molar-refractivity contribution in [3.05, 3.63) is 59.9 Å². The van der Waals surface area contributed by atoms with E-state index in [4.69, 9.17) is 4.74 Å². The minimum absolute atomic E-state index is 0.107. The average molecular weight is 354 g/mol. The maximum Gasteiger partial charge on any atom is 0.260 e. The zero-order valence-electron chi connectivity index (χ0n) is 14.0. The molecule has 25 heavy (non-hydrogen) atoms. The Kier molecular flexibility index (Phi) is 5.47. The number of benzene rings is 1. The summed E-state index contributed by atoms with van der Waals surface area (Å²) in [6, 6.07) is 11.3. The molecule has 0 N–H and O–H groups in total. The van der Waals surface area contributed by atoms with Gasteiger partial charge in [-0.1, -0.05) is 29.5 Å². The van der Waals surface area contributed by atoms with Gasteiger partial charge in [-0.15, -0.1) is 10.2 Å². The highest BCUT2D eigenvalue weighted by Crippen LogP contribution is 2.29. The lowest BCUT2D eigenvalue weighted by Crippen LogP contribution is -2.34. The summed E-state index contributed by atoms with van der Waals surface area (Å²) in [5, 5.41) is 9.69. The maximum absolute atomic E-state index is 13.0. The monoisotopic (exact) mass is 354 g/mol. The fraction of sp³-hybridized carbons (Fsp3) is 0.222. The van der Waals surface area contributed by atoms with Crippen LogP contribution in [0.25, 0.3) is 10.6 Å². The zero-order valence-corrected chi connectivity index (χ0v) is 14.9. The van der Waals surface area contributed by atoms with E-state index < -0.39 is 0 Å². The first-order valence-corrected chi connectivity index (χ1v) is 8.62. The van der Waals surface area contributed by atoms with Gasteiger partial charge in [0.2, 0.25) is 5.13 Å². The number of carbonyl (C=O) groups excluding carboxylic acids is 1. The van der Waals surface area contributed by atoms with Crippen molar-refractivity contribution in [1.82, 2.24) is 15.2 Å². The van der Waals surface area contributed by atoms with Crippen LogP contribution in [0.5, 0.6) is 0 Å². The van der Waals surface area contributed by atoms with Gasteiger partial charge in [0.1, 0.15) is 0 Å². The van der Waals surface area contributed by atoms with Gasteiger partial charge in [0.15, 0.2) is 5.01 Å². The highest BCUT2D eigenvalue weighted by molar-refractivity contribution is 7.18. The van der Waals surface area contributed by atoms with Crippen LogP contribution in [-0.4, -0.2) is 41.3 Å². The number of amides is 1. The summed E-state index contributed by atoms with van der Waals surface area (Å²) >= 11 is 1.36. The molecule has 128 valence electrons. The third-order valence-electron chi connectivity index (χ3n) is 3.69. The first-order chi connectivity index (χ1) is 12.2. The van der Waals surface area contributed by atoms with Crippen molar-refractivity contribution in [1.29, 1.82) is 0 Å². The van der Waals surface area contributed by atoms with Crippen LogP contribution >= 0.6 is 11.3 Å². The minimum Gasteiger partial charge on any atom is -0.383 e. The Balaban J connectivity index is 1.92. The van der Waals surface area contributed by atoms with Crippen molar-refractivity contribution < 1.29 is 9.53 Å². The van der Waals surface area contributed by atoms with Crippen molar-refractivity contribution in [3.8, 4) is 10.6 Å². The molecule has 0 radical (unpaired) electrons. The fourth-order valence-corrected chi connectivity index (χ4v) is 3.21. The van der Waals surface area contributed by atoms with E-state index >= 15 is 0 Å². The molecular formula is C18H18N4O2S. The lowest BCUT2D eigenvalue weighted by atomic mass is 10.1. The third kappa shape index (κ3) is 3.89. The smallest absolute Gasteiger partial charge is 0.260 e. The van der Waals surface area contributed by atoms with E-state index in [1.165, 1.54) is 11.3 Å². The Labute approximate surface area is 150 Å². The Hall–Kier alpha value is -2.64. The largest absolute Gasteiger partial charge is 0.383 e. The Morgan fingerprint density at radius 3 is 2.76 bits per heavy atom. The molecule has 6 nitrogen and oxygen atoms in total. The van der Waals surface area contributed by atoms with Gasteiger partial charge in [-0.3, -0.25) is 14.7 Å². The number of aryl methyl sites for hydroxylation is 1. The SMILES string of the molecule is COCCN(C(=O)c1ccccc1C)c1nnc(-c2cccnc2)s1. The van der Waals surface area contributed by atoms with Crippen molar-refractivity contribution in [2.24, 2.45) is 0 Å². The summed E-state index contributed by atoms with van der Waals surface area (Å²) in [5.74, 6) is -0.107. The topological polar surface area (TPSA) is 68.2 Å². The highest BCUT2D eigenvalue weighted by atomic mass is 32.1. The molecule has 3 aromatic rings. The molecule has 1 amide bonds. The summed E-state index contributed by atoms with van der Waals surface area (Å²) in [7, 11) is 1.61. The molecule has 0 saturated carbocycles. The highest BCUT2D eigenvalue weighted by Gasteiger charge is 2.22. The summed E-state index contributed by atoms with van der Waals surface area (Å²) in [5.41, 5.74) is 2.45. The van der Waals surface area contributed by atoms with E-state index in [0.29, 0.717) is 23.8 Å². The predicted molar refractivity (Wildman–Crippen MR) is 97.9 cm³/mol. The van der Waals surface area contributed by atoms with Crippen LogP contribution in [0.3, 0.4) is 0 Å². The van der Waals surface area contributed by atoms with Crippen molar-refractivity contribution in [2.75, 3.05) is 25.2 Å². The van der Waals surface area contributed by atoms with Gasteiger partial charge in [-0.25, -0.2) is 0 Å². The number of rotatable bonds is 6. The normalized spacial score (nSPS) is 10.6. The van der Waals surface area contributed by atoms with Gasteiger partial charge in [0.25, 0.3) is 5.91 Å². The molecule has 0 aliphatic rings. The molecular weight excluding hydrogens is 336 g/mol. The number of anilines is 1. The second-order valence-electron chi connectivity index (χ2n) is 5.40. The molecule has 2 aromatic heterocycles. The van der Waals surface area contributed by atoms with Crippen LogP contribution in [-0.2, 0) is 4.74 Å². The summed E-state index contributed by atoms with van der Waals surface area (Å²) in [4.78, 5) is 18.7. The first-order valence-electron chi connectivity index (χ1n) is 7.81. The summed E-state index contributed by atoms with van der Waals surface area (Å²) in [6.07, 6.45) is 3.44. The molecule has 1 aromatic carbocycles.